The summed E-state index contributed by atoms with van der Waals surface area (Å²) in [6.45, 7) is 6.48. The Morgan fingerprint density at radius 1 is 1.14 bits per heavy atom. The second-order valence-electron chi connectivity index (χ2n) is 9.57. The molecule has 2 amide bonds. The summed E-state index contributed by atoms with van der Waals surface area (Å²) in [4.78, 5) is 36.1. The fourth-order valence-corrected chi connectivity index (χ4v) is 4.79. The summed E-state index contributed by atoms with van der Waals surface area (Å²) in [6.07, 6.45) is 0.463. The van der Waals surface area contributed by atoms with Gasteiger partial charge in [-0.3, -0.25) is 4.79 Å². The van der Waals surface area contributed by atoms with Crippen LogP contribution in [0.4, 0.5) is 4.79 Å². The lowest BCUT2D eigenvalue weighted by Gasteiger charge is -2.39. The van der Waals surface area contributed by atoms with E-state index >= 15 is 0 Å². The van der Waals surface area contributed by atoms with Crippen LogP contribution in [-0.4, -0.2) is 78.1 Å². The molecule has 0 radical (unpaired) electrons. The molecule has 3 aromatic rings. The number of fused-ring (bicyclic) bond motifs is 1. The number of carbonyl (C=O) groups is 2. The number of hydrogen-bond donors (Lipinski definition) is 0. The molecule has 1 aliphatic rings. The first kappa shape index (κ1) is 25.9. The second kappa shape index (κ2) is 11.3. The van der Waals surface area contributed by atoms with E-state index in [4.69, 9.17) is 21.3 Å². The summed E-state index contributed by atoms with van der Waals surface area (Å²) in [5, 5.41) is 1.40. The van der Waals surface area contributed by atoms with Crippen molar-refractivity contribution in [2.24, 2.45) is 0 Å². The molecule has 0 unspecified atom stereocenters. The van der Waals surface area contributed by atoms with Gasteiger partial charge in [-0.05, 0) is 57.3 Å². The van der Waals surface area contributed by atoms with E-state index in [9.17, 15) is 9.59 Å². The van der Waals surface area contributed by atoms with Crippen LogP contribution in [0.25, 0.3) is 22.2 Å². The number of nitrogens with zero attached hydrogens (tertiary/aromatic N) is 4. The number of carbonyl (C=O) groups excluding carboxylic acids is 2. The smallest absolute Gasteiger partial charge is 0.410 e. The van der Waals surface area contributed by atoms with Gasteiger partial charge >= 0.3 is 6.09 Å². The summed E-state index contributed by atoms with van der Waals surface area (Å²) >= 11 is 6.62. The van der Waals surface area contributed by atoms with E-state index in [0.717, 1.165) is 29.6 Å². The van der Waals surface area contributed by atoms with E-state index < -0.39 is 0 Å². The Kier molecular flexibility index (Phi) is 8.11. The summed E-state index contributed by atoms with van der Waals surface area (Å²) in [7, 11) is 4.07. The van der Waals surface area contributed by atoms with E-state index in [1.807, 2.05) is 58.3 Å². The Morgan fingerprint density at radius 3 is 2.67 bits per heavy atom. The molecule has 0 bridgehead atoms. The highest BCUT2D eigenvalue weighted by Gasteiger charge is 2.31. The van der Waals surface area contributed by atoms with Crippen LogP contribution in [0.5, 0.6) is 0 Å². The maximum atomic E-state index is 13.4. The van der Waals surface area contributed by atoms with Crippen molar-refractivity contribution in [2.45, 2.75) is 32.9 Å². The van der Waals surface area contributed by atoms with Gasteiger partial charge in [0.15, 0.2) is 0 Å². The number of rotatable bonds is 6. The summed E-state index contributed by atoms with van der Waals surface area (Å²) in [5.74, 6) is -0.0818. The first-order valence-electron chi connectivity index (χ1n) is 12.3. The molecular formula is C28H33ClN4O3. The Bertz CT molecular complexity index is 1260. The van der Waals surface area contributed by atoms with Crippen LogP contribution in [0.15, 0.2) is 48.5 Å². The lowest BCUT2D eigenvalue weighted by molar-refractivity contribution is 0.0412. The number of aromatic nitrogens is 1. The van der Waals surface area contributed by atoms with Gasteiger partial charge < -0.3 is 19.4 Å². The van der Waals surface area contributed by atoms with Gasteiger partial charge in [-0.25, -0.2) is 9.78 Å². The van der Waals surface area contributed by atoms with Crippen LogP contribution < -0.4 is 0 Å². The predicted octanol–water partition coefficient (Wildman–Crippen LogP) is 5.31. The third-order valence-electron chi connectivity index (χ3n) is 6.31. The van der Waals surface area contributed by atoms with Gasteiger partial charge in [0, 0.05) is 48.7 Å². The van der Waals surface area contributed by atoms with Crippen molar-refractivity contribution in [2.75, 3.05) is 40.3 Å². The topological polar surface area (TPSA) is 66.0 Å². The highest BCUT2D eigenvalue weighted by molar-refractivity contribution is 6.35. The molecule has 1 saturated heterocycles. The molecule has 190 valence electrons. The summed E-state index contributed by atoms with van der Waals surface area (Å²) in [5.41, 5.74) is 4.17. The van der Waals surface area contributed by atoms with Gasteiger partial charge in [0.2, 0.25) is 0 Å². The molecule has 7 nitrogen and oxygen atoms in total. The Balaban J connectivity index is 1.56. The summed E-state index contributed by atoms with van der Waals surface area (Å²) < 4.78 is 5.28. The minimum Gasteiger partial charge on any atom is -0.449 e. The van der Waals surface area contributed by atoms with Crippen LogP contribution in [0.1, 0.15) is 36.2 Å². The second-order valence-corrected chi connectivity index (χ2v) is 9.97. The van der Waals surface area contributed by atoms with Crippen LogP contribution >= 0.6 is 11.6 Å². The first-order valence-corrected chi connectivity index (χ1v) is 12.7. The molecule has 36 heavy (non-hydrogen) atoms. The van der Waals surface area contributed by atoms with Gasteiger partial charge in [0.05, 0.1) is 22.8 Å². The zero-order valence-corrected chi connectivity index (χ0v) is 22.1. The molecule has 1 fully saturated rings. The van der Waals surface area contributed by atoms with Gasteiger partial charge in [-0.2, -0.15) is 0 Å². The molecule has 8 heteroatoms. The van der Waals surface area contributed by atoms with Crippen LogP contribution in [0, 0.1) is 0 Å². The fourth-order valence-electron chi connectivity index (χ4n) is 4.53. The van der Waals surface area contributed by atoms with Crippen molar-refractivity contribution in [3.63, 3.8) is 0 Å². The average Bonchev–Trinajstić information content (AvgIpc) is 2.86. The minimum absolute atomic E-state index is 0.0818. The molecule has 1 atom stereocenters. The van der Waals surface area contributed by atoms with Crippen molar-refractivity contribution < 1.29 is 14.3 Å². The van der Waals surface area contributed by atoms with E-state index in [-0.39, 0.29) is 18.0 Å². The Morgan fingerprint density at radius 2 is 1.94 bits per heavy atom. The highest BCUT2D eigenvalue weighted by atomic mass is 35.5. The molecule has 0 spiro atoms. The van der Waals surface area contributed by atoms with E-state index in [1.54, 1.807) is 15.9 Å². The number of ether oxygens (including phenoxy) is 1. The maximum absolute atomic E-state index is 13.4. The lowest BCUT2D eigenvalue weighted by atomic mass is 10.0. The Hall–Kier alpha value is -3.16. The van der Waals surface area contributed by atoms with Crippen LogP contribution in [0.3, 0.4) is 0 Å². The predicted molar refractivity (Wildman–Crippen MR) is 143 cm³/mol. The van der Waals surface area contributed by atoms with Crippen molar-refractivity contribution in [1.29, 1.82) is 0 Å². The lowest BCUT2D eigenvalue weighted by Crippen LogP contribution is -2.55. The van der Waals surface area contributed by atoms with Crippen LogP contribution in [-0.2, 0) is 11.3 Å². The van der Waals surface area contributed by atoms with Crippen molar-refractivity contribution in [1.82, 2.24) is 19.7 Å². The molecule has 1 aromatic heterocycles. The maximum Gasteiger partial charge on any atom is 0.410 e. The Labute approximate surface area is 217 Å². The zero-order chi connectivity index (χ0) is 25.8. The van der Waals surface area contributed by atoms with Gasteiger partial charge in [0.25, 0.3) is 5.91 Å². The molecule has 0 saturated carbocycles. The number of benzene rings is 2. The molecule has 1 aliphatic heterocycles. The van der Waals surface area contributed by atoms with E-state index in [2.05, 4.69) is 17.0 Å². The first-order chi connectivity index (χ1) is 17.3. The van der Waals surface area contributed by atoms with E-state index in [0.29, 0.717) is 42.3 Å². The quantitative estimate of drug-likeness (QED) is 0.451. The molecule has 2 aromatic carbocycles. The zero-order valence-electron chi connectivity index (χ0n) is 21.3. The fraction of sp³-hybridized carbons (Fsp3) is 0.393. The normalized spacial score (nSPS) is 16.0. The third kappa shape index (κ3) is 5.79. The van der Waals surface area contributed by atoms with Gasteiger partial charge in [-0.15, -0.1) is 0 Å². The largest absolute Gasteiger partial charge is 0.449 e. The molecule has 0 N–H and O–H groups in total. The van der Waals surface area contributed by atoms with Crippen LogP contribution in [0.2, 0.25) is 5.02 Å². The molecular weight excluding hydrogens is 476 g/mol. The standard InChI is InChI=1S/C28H33ClN4O3/c1-5-13-36-28(35)33-12-11-32(17-19(33)2)27(34)22-9-10-23-24(29)16-25(30-26(23)15-22)21-8-6-7-20(14-21)18-31(3)4/h6-10,14-16,19H,5,11-13,17-18H2,1-4H3/t19-/m1/s1. The average molecular weight is 509 g/mol. The van der Waals surface area contributed by atoms with Crippen molar-refractivity contribution in [3.8, 4) is 11.3 Å². The van der Waals surface area contributed by atoms with Gasteiger partial charge in [-0.1, -0.05) is 42.8 Å². The third-order valence-corrected chi connectivity index (χ3v) is 6.62. The minimum atomic E-state index is -0.317. The number of pyridine rings is 1. The SMILES string of the molecule is CCCOC(=O)N1CCN(C(=O)c2ccc3c(Cl)cc(-c4cccc(CN(C)C)c4)nc3c2)C[C@H]1C. The molecule has 0 aliphatic carbocycles. The van der Waals surface area contributed by atoms with Crippen molar-refractivity contribution >= 4 is 34.5 Å². The monoisotopic (exact) mass is 508 g/mol. The van der Waals surface area contributed by atoms with Gasteiger partial charge in [0.1, 0.15) is 0 Å². The summed E-state index contributed by atoms with van der Waals surface area (Å²) in [6, 6.07) is 15.5. The number of amides is 2. The van der Waals surface area contributed by atoms with E-state index in [1.165, 1.54) is 5.56 Å². The van der Waals surface area contributed by atoms with Crippen molar-refractivity contribution in [3.05, 3.63) is 64.7 Å². The number of halogens is 1. The molecule has 2 heterocycles. The number of piperazine rings is 1. The highest BCUT2D eigenvalue weighted by Crippen LogP contribution is 2.30. The number of hydrogen-bond acceptors (Lipinski definition) is 5. The molecule has 4 rings (SSSR count).